The van der Waals surface area contributed by atoms with E-state index in [0.29, 0.717) is 0 Å². The zero-order valence-corrected chi connectivity index (χ0v) is 11.5. The molecule has 92 valence electrons. The second-order valence-electron chi connectivity index (χ2n) is 4.21. The maximum Gasteiger partial charge on any atom is 0.225 e. The van der Waals surface area contributed by atoms with E-state index in [1.54, 1.807) is 19.3 Å². The Bertz CT molecular complexity index is 408. The molecule has 0 radical (unpaired) electrons. The molecule has 0 spiro atoms. The van der Waals surface area contributed by atoms with Gasteiger partial charge >= 0.3 is 0 Å². The van der Waals surface area contributed by atoms with Crippen molar-refractivity contribution in [2.24, 2.45) is 0 Å². The minimum Gasteiger partial charge on any atom is -0.339 e. The molecule has 6 heteroatoms. The van der Waals surface area contributed by atoms with Crippen LogP contribution < -0.4 is 4.90 Å². The van der Waals surface area contributed by atoms with E-state index < -0.39 is 0 Å². The van der Waals surface area contributed by atoms with Crippen molar-refractivity contribution in [3.63, 3.8) is 0 Å². The van der Waals surface area contributed by atoms with Crippen molar-refractivity contribution in [3.8, 4) is 0 Å². The van der Waals surface area contributed by atoms with Crippen molar-refractivity contribution < 1.29 is 4.79 Å². The summed E-state index contributed by atoms with van der Waals surface area (Å²) in [7, 11) is 0. The molecule has 0 unspecified atom stereocenters. The zero-order valence-electron chi connectivity index (χ0n) is 9.93. The van der Waals surface area contributed by atoms with Crippen molar-refractivity contribution in [2.45, 2.75) is 19.9 Å². The molecule has 1 amide bonds. The summed E-state index contributed by atoms with van der Waals surface area (Å²) in [6.07, 6.45) is 3.48. The van der Waals surface area contributed by atoms with Gasteiger partial charge in [0.05, 0.1) is 4.47 Å². The van der Waals surface area contributed by atoms with Crippen LogP contribution in [0.5, 0.6) is 0 Å². The van der Waals surface area contributed by atoms with Gasteiger partial charge in [0.15, 0.2) is 0 Å². The number of halogens is 1. The van der Waals surface area contributed by atoms with Gasteiger partial charge < -0.3 is 9.80 Å². The Kier molecular flexibility index (Phi) is 3.61. The van der Waals surface area contributed by atoms with Gasteiger partial charge in [-0.3, -0.25) is 4.79 Å². The lowest BCUT2D eigenvalue weighted by Crippen LogP contribution is -2.53. The number of carbonyl (C=O) groups is 1. The number of aromatic nitrogens is 2. The molecule has 1 aliphatic rings. The fourth-order valence-electron chi connectivity index (χ4n) is 1.99. The first-order chi connectivity index (χ1) is 8.08. The van der Waals surface area contributed by atoms with Crippen molar-refractivity contribution in [1.82, 2.24) is 14.9 Å². The normalized spacial score (nSPS) is 20.5. The van der Waals surface area contributed by atoms with Crippen molar-refractivity contribution in [1.29, 1.82) is 0 Å². The van der Waals surface area contributed by atoms with Gasteiger partial charge in [-0.1, -0.05) is 0 Å². The van der Waals surface area contributed by atoms with Crippen LogP contribution in [0.3, 0.4) is 0 Å². The third-order valence-electron chi connectivity index (χ3n) is 2.94. The summed E-state index contributed by atoms with van der Waals surface area (Å²) in [4.78, 5) is 23.9. The molecule has 1 aromatic rings. The highest BCUT2D eigenvalue weighted by Gasteiger charge is 2.26. The lowest BCUT2D eigenvalue weighted by molar-refractivity contribution is -0.129. The second kappa shape index (κ2) is 5.00. The lowest BCUT2D eigenvalue weighted by Gasteiger charge is -2.39. The van der Waals surface area contributed by atoms with Crippen LogP contribution in [0.1, 0.15) is 13.8 Å². The Balaban J connectivity index is 2.09. The summed E-state index contributed by atoms with van der Waals surface area (Å²) in [6.45, 7) is 5.94. The fourth-order valence-corrected chi connectivity index (χ4v) is 2.20. The van der Waals surface area contributed by atoms with E-state index in [2.05, 4.69) is 37.7 Å². The summed E-state index contributed by atoms with van der Waals surface area (Å²) in [5.41, 5.74) is 0. The first-order valence-electron chi connectivity index (χ1n) is 5.57. The molecule has 17 heavy (non-hydrogen) atoms. The first kappa shape index (κ1) is 12.3. The number of nitrogens with zero attached hydrogens (tertiary/aromatic N) is 4. The average molecular weight is 299 g/mol. The Hall–Kier alpha value is -1.17. The minimum absolute atomic E-state index is 0.133. The largest absolute Gasteiger partial charge is 0.339 e. The summed E-state index contributed by atoms with van der Waals surface area (Å²) in [5.74, 6) is 0.858. The number of carbonyl (C=O) groups excluding carboxylic acids is 1. The number of hydrogen-bond acceptors (Lipinski definition) is 4. The van der Waals surface area contributed by atoms with Crippen LogP contribution in [0.25, 0.3) is 0 Å². The summed E-state index contributed by atoms with van der Waals surface area (Å²) in [6, 6.07) is 0.244. The van der Waals surface area contributed by atoms with E-state index in [1.807, 2.05) is 4.90 Å². The standard InChI is InChI=1S/C11H15BrN4O/c1-8-7-15(9(2)17)3-4-16(8)11-13-5-10(12)6-14-11/h5-6,8H,3-4,7H2,1-2H3/t8-/m0/s1. The molecule has 0 aromatic carbocycles. The van der Waals surface area contributed by atoms with Gasteiger partial charge in [-0.2, -0.15) is 0 Å². The van der Waals surface area contributed by atoms with Crippen LogP contribution in [0.2, 0.25) is 0 Å². The third-order valence-corrected chi connectivity index (χ3v) is 3.35. The summed E-state index contributed by atoms with van der Waals surface area (Å²) >= 11 is 3.32. The van der Waals surface area contributed by atoms with Crippen LogP contribution in [0, 0.1) is 0 Å². The Labute approximate surface area is 109 Å². The van der Waals surface area contributed by atoms with E-state index in [1.165, 1.54) is 0 Å². The molecule has 1 saturated heterocycles. The molecular weight excluding hydrogens is 284 g/mol. The van der Waals surface area contributed by atoms with Gasteiger partial charge in [-0.05, 0) is 22.9 Å². The van der Waals surface area contributed by atoms with Crippen LogP contribution in [-0.4, -0.2) is 46.5 Å². The van der Waals surface area contributed by atoms with Crippen LogP contribution in [0.4, 0.5) is 5.95 Å². The highest BCUT2D eigenvalue weighted by atomic mass is 79.9. The summed E-state index contributed by atoms with van der Waals surface area (Å²) < 4.78 is 0.872. The van der Waals surface area contributed by atoms with E-state index in [-0.39, 0.29) is 11.9 Å². The molecule has 1 aromatic heterocycles. The number of anilines is 1. The highest BCUT2D eigenvalue weighted by molar-refractivity contribution is 9.10. The quantitative estimate of drug-likeness (QED) is 0.784. The van der Waals surface area contributed by atoms with Crippen LogP contribution in [0.15, 0.2) is 16.9 Å². The molecule has 0 saturated carbocycles. The predicted octanol–water partition coefficient (Wildman–Crippen LogP) is 1.30. The maximum absolute atomic E-state index is 11.3. The van der Waals surface area contributed by atoms with E-state index in [9.17, 15) is 4.79 Å². The number of rotatable bonds is 1. The predicted molar refractivity (Wildman–Crippen MR) is 68.8 cm³/mol. The molecule has 1 fully saturated rings. The van der Waals surface area contributed by atoms with Crippen molar-refractivity contribution >= 4 is 27.8 Å². The van der Waals surface area contributed by atoms with E-state index in [4.69, 9.17) is 0 Å². The van der Waals surface area contributed by atoms with Gasteiger partial charge in [0.1, 0.15) is 0 Å². The summed E-state index contributed by atoms with van der Waals surface area (Å²) in [5, 5.41) is 0. The molecular formula is C11H15BrN4O. The number of piperazine rings is 1. The van der Waals surface area contributed by atoms with Gasteiger partial charge in [0.25, 0.3) is 0 Å². The Morgan fingerprint density at radius 3 is 2.59 bits per heavy atom. The van der Waals surface area contributed by atoms with Gasteiger partial charge in [0, 0.05) is 45.0 Å². The third kappa shape index (κ3) is 2.74. The smallest absolute Gasteiger partial charge is 0.225 e. The van der Waals surface area contributed by atoms with Gasteiger partial charge in [-0.25, -0.2) is 9.97 Å². The monoisotopic (exact) mass is 298 g/mol. The first-order valence-corrected chi connectivity index (χ1v) is 6.37. The molecule has 1 atom stereocenters. The van der Waals surface area contributed by atoms with Crippen LogP contribution >= 0.6 is 15.9 Å². The molecule has 0 aliphatic carbocycles. The lowest BCUT2D eigenvalue weighted by atomic mass is 10.2. The van der Waals surface area contributed by atoms with E-state index in [0.717, 1.165) is 30.1 Å². The molecule has 0 N–H and O–H groups in total. The maximum atomic E-state index is 11.3. The molecule has 1 aliphatic heterocycles. The number of amides is 1. The van der Waals surface area contributed by atoms with E-state index >= 15 is 0 Å². The fraction of sp³-hybridized carbons (Fsp3) is 0.545. The molecule has 5 nitrogen and oxygen atoms in total. The Morgan fingerprint density at radius 1 is 1.41 bits per heavy atom. The van der Waals surface area contributed by atoms with Crippen LogP contribution in [-0.2, 0) is 4.79 Å². The Morgan fingerprint density at radius 2 is 2.06 bits per heavy atom. The highest BCUT2D eigenvalue weighted by Crippen LogP contribution is 2.17. The average Bonchev–Trinajstić information content (AvgIpc) is 2.30. The molecule has 2 rings (SSSR count). The second-order valence-corrected chi connectivity index (χ2v) is 5.12. The molecule has 2 heterocycles. The topological polar surface area (TPSA) is 49.3 Å². The zero-order chi connectivity index (χ0) is 12.4. The SMILES string of the molecule is CC(=O)N1CCN(c2ncc(Br)cn2)[C@@H](C)C1. The van der Waals surface area contributed by atoms with Crippen molar-refractivity contribution in [3.05, 3.63) is 16.9 Å². The van der Waals surface area contributed by atoms with Crippen molar-refractivity contribution in [2.75, 3.05) is 24.5 Å². The minimum atomic E-state index is 0.133. The van der Waals surface area contributed by atoms with Gasteiger partial charge in [0.2, 0.25) is 11.9 Å². The van der Waals surface area contributed by atoms with Gasteiger partial charge in [-0.15, -0.1) is 0 Å². The number of hydrogen-bond donors (Lipinski definition) is 0. The molecule has 0 bridgehead atoms.